The highest BCUT2D eigenvalue weighted by Gasteiger charge is 2.04. The standard InChI is InChI=1S/C31H42N2O/c1-3-5-7-9-11-13-23-34-29-19-16-27(17-20-29)30-22-18-28(25-33-30)31-21-15-26(24-32-31)14-12-10-8-6-4-2/h15-22,24-25H,3-14,23H2,1-2H3. The van der Waals surface area contributed by atoms with Crippen LogP contribution in [0.4, 0.5) is 0 Å². The molecule has 0 saturated carbocycles. The quantitative estimate of drug-likeness (QED) is 0.201. The largest absolute Gasteiger partial charge is 0.494 e. The lowest BCUT2D eigenvalue weighted by Gasteiger charge is -2.08. The van der Waals surface area contributed by atoms with Gasteiger partial charge < -0.3 is 4.74 Å². The number of nitrogens with zero attached hydrogens (tertiary/aromatic N) is 2. The lowest BCUT2D eigenvalue weighted by atomic mass is 10.1. The van der Waals surface area contributed by atoms with Crippen LogP contribution < -0.4 is 4.74 Å². The lowest BCUT2D eigenvalue weighted by Crippen LogP contribution is -1.97. The van der Waals surface area contributed by atoms with E-state index < -0.39 is 0 Å². The van der Waals surface area contributed by atoms with Crippen LogP contribution in [0, 0.1) is 0 Å². The number of benzene rings is 1. The second-order valence-corrected chi connectivity index (χ2v) is 9.29. The van der Waals surface area contributed by atoms with E-state index in [1.54, 1.807) is 0 Å². The van der Waals surface area contributed by atoms with Crippen molar-refractivity contribution in [2.75, 3.05) is 6.61 Å². The fraction of sp³-hybridized carbons (Fsp3) is 0.484. The number of hydrogen-bond donors (Lipinski definition) is 0. The number of aryl methyl sites for hydroxylation is 1. The molecule has 3 nitrogen and oxygen atoms in total. The monoisotopic (exact) mass is 458 g/mol. The SMILES string of the molecule is CCCCCCCCOc1ccc(-c2ccc(-c3ccc(CCCCCCC)cn3)cn2)cc1. The summed E-state index contributed by atoms with van der Waals surface area (Å²) in [6, 6.07) is 16.8. The van der Waals surface area contributed by atoms with Crippen molar-refractivity contribution in [2.45, 2.75) is 90.9 Å². The van der Waals surface area contributed by atoms with Crippen molar-refractivity contribution in [3.63, 3.8) is 0 Å². The first-order chi connectivity index (χ1) is 16.8. The molecule has 0 radical (unpaired) electrons. The normalized spacial score (nSPS) is 11.0. The van der Waals surface area contributed by atoms with Gasteiger partial charge in [0.2, 0.25) is 0 Å². The van der Waals surface area contributed by atoms with Crippen molar-refractivity contribution in [1.29, 1.82) is 0 Å². The van der Waals surface area contributed by atoms with Crippen LogP contribution in [0.2, 0.25) is 0 Å². The molecule has 0 aliphatic rings. The van der Waals surface area contributed by atoms with Gasteiger partial charge in [-0.05, 0) is 67.3 Å². The Bertz CT molecular complexity index is 917. The van der Waals surface area contributed by atoms with Gasteiger partial charge in [-0.2, -0.15) is 0 Å². The van der Waals surface area contributed by atoms with E-state index in [9.17, 15) is 0 Å². The fourth-order valence-corrected chi connectivity index (χ4v) is 4.19. The first-order valence-corrected chi connectivity index (χ1v) is 13.4. The zero-order valence-corrected chi connectivity index (χ0v) is 21.3. The van der Waals surface area contributed by atoms with Gasteiger partial charge in [0, 0.05) is 23.5 Å². The lowest BCUT2D eigenvalue weighted by molar-refractivity contribution is 0.304. The topological polar surface area (TPSA) is 35.0 Å². The third kappa shape index (κ3) is 8.93. The zero-order chi connectivity index (χ0) is 23.8. The van der Waals surface area contributed by atoms with Gasteiger partial charge in [0.25, 0.3) is 0 Å². The second kappa shape index (κ2) is 15.3. The minimum absolute atomic E-state index is 0.795. The Morgan fingerprint density at radius 1 is 0.559 bits per heavy atom. The van der Waals surface area contributed by atoms with E-state index in [4.69, 9.17) is 4.74 Å². The van der Waals surface area contributed by atoms with Crippen molar-refractivity contribution >= 4 is 0 Å². The Hall–Kier alpha value is -2.68. The molecule has 2 heterocycles. The van der Waals surface area contributed by atoms with Gasteiger partial charge in [0.05, 0.1) is 18.0 Å². The second-order valence-electron chi connectivity index (χ2n) is 9.29. The van der Waals surface area contributed by atoms with E-state index in [0.29, 0.717) is 0 Å². The van der Waals surface area contributed by atoms with Crippen LogP contribution in [0.5, 0.6) is 5.75 Å². The Balaban J connectivity index is 1.45. The van der Waals surface area contributed by atoms with Gasteiger partial charge in [-0.15, -0.1) is 0 Å². The molecule has 0 aliphatic carbocycles. The summed E-state index contributed by atoms with van der Waals surface area (Å²) in [5.41, 5.74) is 5.42. The molecule has 182 valence electrons. The Kier molecular flexibility index (Phi) is 11.6. The number of pyridine rings is 2. The maximum atomic E-state index is 5.90. The molecular formula is C31H42N2O. The van der Waals surface area contributed by atoms with Crippen LogP contribution in [0.15, 0.2) is 60.9 Å². The van der Waals surface area contributed by atoms with Crippen LogP contribution in [0.3, 0.4) is 0 Å². The summed E-state index contributed by atoms with van der Waals surface area (Å²) in [7, 11) is 0. The van der Waals surface area contributed by atoms with E-state index in [1.807, 2.05) is 24.5 Å². The molecule has 0 bridgehead atoms. The van der Waals surface area contributed by atoms with Gasteiger partial charge >= 0.3 is 0 Å². The average molecular weight is 459 g/mol. The number of rotatable bonds is 16. The third-order valence-electron chi connectivity index (χ3n) is 6.37. The number of unbranched alkanes of at least 4 members (excludes halogenated alkanes) is 9. The van der Waals surface area contributed by atoms with E-state index in [0.717, 1.165) is 47.7 Å². The van der Waals surface area contributed by atoms with E-state index in [2.05, 4.69) is 60.2 Å². The van der Waals surface area contributed by atoms with Crippen molar-refractivity contribution in [1.82, 2.24) is 9.97 Å². The summed E-state index contributed by atoms with van der Waals surface area (Å²) in [5.74, 6) is 0.934. The molecule has 3 heteroatoms. The summed E-state index contributed by atoms with van der Waals surface area (Å²) < 4.78 is 5.90. The summed E-state index contributed by atoms with van der Waals surface area (Å²) in [6.45, 7) is 5.30. The summed E-state index contributed by atoms with van der Waals surface area (Å²) in [5, 5.41) is 0. The van der Waals surface area contributed by atoms with Crippen LogP contribution in [-0.2, 0) is 6.42 Å². The molecule has 3 rings (SSSR count). The smallest absolute Gasteiger partial charge is 0.119 e. The molecule has 2 aromatic heterocycles. The molecule has 0 saturated heterocycles. The minimum Gasteiger partial charge on any atom is -0.494 e. The molecule has 0 aliphatic heterocycles. The Morgan fingerprint density at radius 3 is 1.79 bits per heavy atom. The van der Waals surface area contributed by atoms with Crippen molar-refractivity contribution < 1.29 is 4.74 Å². The molecule has 3 aromatic rings. The number of hydrogen-bond acceptors (Lipinski definition) is 3. The van der Waals surface area contributed by atoms with Gasteiger partial charge in [0.1, 0.15) is 5.75 Å². The molecule has 0 amide bonds. The first-order valence-electron chi connectivity index (χ1n) is 13.4. The molecule has 0 unspecified atom stereocenters. The molecule has 0 spiro atoms. The van der Waals surface area contributed by atoms with Crippen molar-refractivity contribution in [3.05, 3.63) is 66.5 Å². The van der Waals surface area contributed by atoms with Crippen LogP contribution in [-0.4, -0.2) is 16.6 Å². The number of ether oxygens (including phenoxy) is 1. The predicted molar refractivity (Wildman–Crippen MR) is 144 cm³/mol. The molecule has 0 atom stereocenters. The van der Waals surface area contributed by atoms with E-state index >= 15 is 0 Å². The average Bonchev–Trinajstić information content (AvgIpc) is 2.89. The fourth-order valence-electron chi connectivity index (χ4n) is 4.19. The van der Waals surface area contributed by atoms with Gasteiger partial charge in [-0.1, -0.05) is 77.7 Å². The van der Waals surface area contributed by atoms with Crippen LogP contribution in [0.25, 0.3) is 22.5 Å². The van der Waals surface area contributed by atoms with Crippen LogP contribution in [0.1, 0.15) is 90.0 Å². The molecule has 1 aromatic carbocycles. The summed E-state index contributed by atoms with van der Waals surface area (Å²) in [4.78, 5) is 9.36. The van der Waals surface area contributed by atoms with Gasteiger partial charge in [-0.25, -0.2) is 0 Å². The third-order valence-corrected chi connectivity index (χ3v) is 6.37. The molecule has 0 N–H and O–H groups in total. The van der Waals surface area contributed by atoms with Crippen molar-refractivity contribution in [2.24, 2.45) is 0 Å². The highest BCUT2D eigenvalue weighted by atomic mass is 16.5. The highest BCUT2D eigenvalue weighted by molar-refractivity contribution is 5.65. The Labute approximate surface area is 207 Å². The number of aromatic nitrogens is 2. The van der Waals surface area contributed by atoms with E-state index in [1.165, 1.54) is 69.8 Å². The van der Waals surface area contributed by atoms with Gasteiger partial charge in [0.15, 0.2) is 0 Å². The molecule has 0 fully saturated rings. The van der Waals surface area contributed by atoms with Crippen LogP contribution >= 0.6 is 0 Å². The summed E-state index contributed by atoms with van der Waals surface area (Å²) in [6.07, 6.45) is 19.3. The zero-order valence-electron chi connectivity index (χ0n) is 21.3. The summed E-state index contributed by atoms with van der Waals surface area (Å²) >= 11 is 0. The highest BCUT2D eigenvalue weighted by Crippen LogP contribution is 2.24. The van der Waals surface area contributed by atoms with Crippen molar-refractivity contribution in [3.8, 4) is 28.3 Å². The maximum absolute atomic E-state index is 5.90. The van der Waals surface area contributed by atoms with E-state index in [-0.39, 0.29) is 0 Å². The van der Waals surface area contributed by atoms with Gasteiger partial charge in [-0.3, -0.25) is 9.97 Å². The molecular weight excluding hydrogens is 416 g/mol. The Morgan fingerprint density at radius 2 is 1.15 bits per heavy atom. The maximum Gasteiger partial charge on any atom is 0.119 e. The predicted octanol–water partition coefficient (Wildman–Crippen LogP) is 9.06. The minimum atomic E-state index is 0.795. The first kappa shape index (κ1) is 25.9. The molecule has 34 heavy (non-hydrogen) atoms.